The van der Waals surface area contributed by atoms with Crippen LogP contribution < -0.4 is 0 Å². The summed E-state index contributed by atoms with van der Waals surface area (Å²) in [6, 6.07) is 0. The standard InChI is InChI=1S/C40H60O14/c1-19-32(44)26(41)16-30(47-19)51-33-20(2)48-31(17-27(33)42)52-34-21(3)49-36(53-35(34)45)50-24-7-10-37(4)23(15-24)6-12-39-28(37)9-11-38(5)25(8-13-40(38,39)54-39)22-14-29(43)46-18-22/h14,19-21,23-28,30-36,41-42,44-45H,6-13,15-18H2,1-5H3/t19-,20-,21-,23+,24+,25-,26-,27+,28-,30+,31+,32-,33-,34-,35+,36+,37+,38-,39-,40-/m1/s1. The average molecular weight is 765 g/mol. The first kappa shape index (κ1) is 38.3. The number of carbonyl (C=O) groups is 1. The fourth-order valence-corrected chi connectivity index (χ4v) is 12.9. The van der Waals surface area contributed by atoms with Gasteiger partial charge in [0.05, 0.1) is 36.6 Å². The second kappa shape index (κ2) is 13.7. The third kappa shape index (κ3) is 5.91. The Hall–Kier alpha value is -1.27. The van der Waals surface area contributed by atoms with E-state index in [-0.39, 0.29) is 46.9 Å². The number of hydrogen-bond acceptors (Lipinski definition) is 14. The Morgan fingerprint density at radius 2 is 1.46 bits per heavy atom. The van der Waals surface area contributed by atoms with Crippen molar-refractivity contribution in [2.75, 3.05) is 6.61 Å². The molecule has 0 aromatic heterocycles. The molecular weight excluding hydrogens is 704 g/mol. The van der Waals surface area contributed by atoms with Gasteiger partial charge in [-0.1, -0.05) is 13.8 Å². The van der Waals surface area contributed by atoms with Gasteiger partial charge < -0.3 is 58.3 Å². The minimum atomic E-state index is -1.34. The van der Waals surface area contributed by atoms with Crippen molar-refractivity contribution in [3.8, 4) is 0 Å². The summed E-state index contributed by atoms with van der Waals surface area (Å²) in [5.74, 6) is 1.11. The van der Waals surface area contributed by atoms with Gasteiger partial charge in [-0.3, -0.25) is 4.74 Å². The summed E-state index contributed by atoms with van der Waals surface area (Å²) >= 11 is 0. The minimum Gasteiger partial charge on any atom is -0.458 e. The number of rotatable bonds is 7. The van der Waals surface area contributed by atoms with E-state index in [1.165, 1.54) is 0 Å². The average Bonchev–Trinajstić information content (AvgIpc) is 3.43. The van der Waals surface area contributed by atoms with E-state index in [4.69, 9.17) is 42.6 Å². The lowest BCUT2D eigenvalue weighted by atomic mass is 9.44. The molecule has 4 N–H and O–H groups in total. The van der Waals surface area contributed by atoms with Crippen LogP contribution in [0.15, 0.2) is 11.6 Å². The van der Waals surface area contributed by atoms with Crippen LogP contribution in [-0.2, 0) is 47.4 Å². The first-order valence-electron chi connectivity index (χ1n) is 20.5. The summed E-state index contributed by atoms with van der Waals surface area (Å²) in [7, 11) is 0. The second-order valence-electron chi connectivity index (χ2n) is 18.5. The van der Waals surface area contributed by atoms with Gasteiger partial charge in [0.1, 0.15) is 36.1 Å². The molecule has 20 atom stereocenters. The molecule has 54 heavy (non-hydrogen) atoms. The van der Waals surface area contributed by atoms with Gasteiger partial charge in [-0.05, 0) is 107 Å². The van der Waals surface area contributed by atoms with Crippen molar-refractivity contribution in [2.45, 2.75) is 197 Å². The lowest BCUT2D eigenvalue weighted by molar-refractivity contribution is -0.430. The maximum absolute atomic E-state index is 12.0. The van der Waals surface area contributed by atoms with Gasteiger partial charge in [-0.2, -0.15) is 0 Å². The van der Waals surface area contributed by atoms with Crippen LogP contribution in [0.2, 0.25) is 0 Å². The smallest absolute Gasteiger partial charge is 0.331 e. The molecule has 0 aromatic rings. The Labute approximate surface area is 317 Å². The number of aliphatic hydroxyl groups excluding tert-OH is 4. The number of ether oxygens (including phenoxy) is 9. The highest BCUT2D eigenvalue weighted by Gasteiger charge is 2.86. The normalized spacial score (nSPS) is 56.9. The number of hydrogen-bond donors (Lipinski definition) is 4. The second-order valence-corrected chi connectivity index (χ2v) is 18.5. The Bertz CT molecular complexity index is 1440. The Morgan fingerprint density at radius 1 is 0.741 bits per heavy atom. The van der Waals surface area contributed by atoms with Crippen molar-refractivity contribution in [1.29, 1.82) is 0 Å². The summed E-state index contributed by atoms with van der Waals surface area (Å²) < 4.78 is 54.6. The van der Waals surface area contributed by atoms with Crippen LogP contribution in [0.5, 0.6) is 0 Å². The summed E-state index contributed by atoms with van der Waals surface area (Å²) in [5.41, 5.74) is 1.14. The van der Waals surface area contributed by atoms with Gasteiger partial charge in [0.15, 0.2) is 18.9 Å². The van der Waals surface area contributed by atoms with Gasteiger partial charge >= 0.3 is 5.97 Å². The van der Waals surface area contributed by atoms with Crippen molar-refractivity contribution >= 4 is 5.97 Å². The summed E-state index contributed by atoms with van der Waals surface area (Å²) in [6.45, 7) is 9.49. The van der Waals surface area contributed by atoms with E-state index in [1.807, 2.05) is 0 Å². The quantitative estimate of drug-likeness (QED) is 0.219. The van der Waals surface area contributed by atoms with Gasteiger partial charge in [-0.25, -0.2) is 4.79 Å². The minimum absolute atomic E-state index is 0.0275. The molecule has 4 saturated carbocycles. The molecule has 8 fully saturated rings. The van der Waals surface area contributed by atoms with Gasteiger partial charge in [0, 0.05) is 24.3 Å². The van der Waals surface area contributed by atoms with Crippen LogP contribution >= 0.6 is 0 Å². The van der Waals surface area contributed by atoms with E-state index < -0.39 is 74.2 Å². The molecule has 4 aliphatic carbocycles. The number of esters is 1. The molecular formula is C40H60O14. The maximum Gasteiger partial charge on any atom is 0.331 e. The molecule has 0 unspecified atom stereocenters. The maximum atomic E-state index is 12.0. The third-order valence-electron chi connectivity index (χ3n) is 15.8. The molecule has 0 amide bonds. The molecule has 0 radical (unpaired) electrons. The molecule has 5 aliphatic heterocycles. The predicted octanol–water partition coefficient (Wildman–Crippen LogP) is 2.95. The van der Waals surface area contributed by atoms with E-state index in [1.54, 1.807) is 26.8 Å². The zero-order valence-electron chi connectivity index (χ0n) is 32.2. The molecule has 5 heterocycles. The zero-order valence-corrected chi connectivity index (χ0v) is 32.2. The third-order valence-corrected chi connectivity index (χ3v) is 15.8. The lowest BCUT2D eigenvalue weighted by Gasteiger charge is -2.58. The van der Waals surface area contributed by atoms with Crippen molar-refractivity contribution < 1.29 is 67.9 Å². The topological polar surface area (TPSA) is 184 Å². The van der Waals surface area contributed by atoms with Crippen molar-refractivity contribution in [3.63, 3.8) is 0 Å². The fraction of sp³-hybridized carbons (Fsp3) is 0.925. The monoisotopic (exact) mass is 764 g/mol. The first-order valence-corrected chi connectivity index (χ1v) is 20.5. The Balaban J connectivity index is 0.770. The van der Waals surface area contributed by atoms with E-state index in [0.29, 0.717) is 24.4 Å². The first-order chi connectivity index (χ1) is 25.7. The van der Waals surface area contributed by atoms with Crippen molar-refractivity contribution in [1.82, 2.24) is 0 Å². The van der Waals surface area contributed by atoms with E-state index >= 15 is 0 Å². The molecule has 9 rings (SSSR count). The van der Waals surface area contributed by atoms with Crippen LogP contribution in [0.1, 0.15) is 105 Å². The molecule has 304 valence electrons. The summed E-state index contributed by atoms with van der Waals surface area (Å²) in [5, 5.41) is 42.2. The molecule has 9 aliphatic rings. The lowest BCUT2D eigenvalue weighted by Crippen LogP contribution is -2.59. The van der Waals surface area contributed by atoms with Crippen LogP contribution in [0, 0.1) is 28.6 Å². The Morgan fingerprint density at radius 3 is 2.17 bits per heavy atom. The van der Waals surface area contributed by atoms with Crippen molar-refractivity contribution in [2.24, 2.45) is 28.6 Å². The number of aliphatic hydroxyl groups is 4. The fourth-order valence-electron chi connectivity index (χ4n) is 12.9. The number of carbonyl (C=O) groups excluding carboxylic acids is 1. The summed E-state index contributed by atoms with van der Waals surface area (Å²) in [4.78, 5) is 12.0. The largest absolute Gasteiger partial charge is 0.458 e. The Kier molecular flexibility index (Phi) is 9.68. The van der Waals surface area contributed by atoms with Gasteiger partial charge in [0.2, 0.25) is 0 Å². The van der Waals surface area contributed by atoms with Crippen LogP contribution in [0.4, 0.5) is 0 Å². The summed E-state index contributed by atoms with van der Waals surface area (Å²) in [6.07, 6.45) is 1.69. The van der Waals surface area contributed by atoms with Crippen LogP contribution in [0.3, 0.4) is 0 Å². The highest BCUT2D eigenvalue weighted by molar-refractivity contribution is 5.85. The predicted molar refractivity (Wildman–Crippen MR) is 186 cm³/mol. The van der Waals surface area contributed by atoms with E-state index in [0.717, 1.165) is 63.4 Å². The zero-order chi connectivity index (χ0) is 37.9. The number of fused-ring (bicyclic) bond motifs is 2. The molecule has 2 spiro atoms. The van der Waals surface area contributed by atoms with Crippen LogP contribution in [0.25, 0.3) is 0 Å². The molecule has 0 bridgehead atoms. The van der Waals surface area contributed by atoms with Gasteiger partial charge in [0.25, 0.3) is 6.48 Å². The molecule has 14 nitrogen and oxygen atoms in total. The molecule has 4 saturated heterocycles. The van der Waals surface area contributed by atoms with Crippen molar-refractivity contribution in [3.05, 3.63) is 11.6 Å². The highest BCUT2D eigenvalue weighted by atomic mass is 16.9. The van der Waals surface area contributed by atoms with E-state index in [9.17, 15) is 25.2 Å². The molecule has 14 heteroatoms. The van der Waals surface area contributed by atoms with E-state index in [2.05, 4.69) is 13.8 Å². The van der Waals surface area contributed by atoms with Crippen LogP contribution in [-0.4, -0.2) is 124 Å². The number of epoxide rings is 1. The van der Waals surface area contributed by atoms with Gasteiger partial charge in [-0.15, -0.1) is 0 Å². The highest BCUT2D eigenvalue weighted by Crippen LogP contribution is 2.81. The SMILES string of the molecule is C[C@H]1O[C@@H](O[C@H]2[C@@H](O)C[C@H](O[C@@H]3[C@@H](C)O[C@@H](O[C@H]4CC[C@@]5(C)[C@@H](CC[C@]67O[C@@]68CC[C@H](C6=CC(=O)OC6)[C@@]8(C)CC[C@H]57)C4)O[C@@H]3O)O[C@@H]2C)C[C@@H](O)[C@@H]1O. The number of cyclic esters (lactones) is 1. The molecule has 0 aromatic carbocycles.